The minimum absolute atomic E-state index is 0.0233. The Morgan fingerprint density at radius 1 is 1.45 bits per heavy atom. The van der Waals surface area contributed by atoms with Crippen molar-refractivity contribution in [2.24, 2.45) is 0 Å². The van der Waals surface area contributed by atoms with Crippen LogP contribution in [-0.4, -0.2) is 48.1 Å². The summed E-state index contributed by atoms with van der Waals surface area (Å²) in [6.45, 7) is 4.35. The molecule has 120 valence electrons. The quantitative estimate of drug-likeness (QED) is 0.900. The van der Waals surface area contributed by atoms with Crippen molar-refractivity contribution < 1.29 is 19.4 Å². The zero-order valence-electron chi connectivity index (χ0n) is 13.2. The lowest BCUT2D eigenvalue weighted by Crippen LogP contribution is -2.49. The van der Waals surface area contributed by atoms with Gasteiger partial charge in [-0.1, -0.05) is 13.3 Å². The van der Waals surface area contributed by atoms with E-state index < -0.39 is 6.10 Å². The predicted molar refractivity (Wildman–Crippen MR) is 83.1 cm³/mol. The fourth-order valence-electron chi connectivity index (χ4n) is 2.34. The second-order valence-corrected chi connectivity index (χ2v) is 5.51. The number of carbonyl (C=O) groups is 2. The number of unbranched alkanes of at least 4 members (excludes halogenated alkanes) is 1. The van der Waals surface area contributed by atoms with Gasteiger partial charge in [-0.3, -0.25) is 14.5 Å². The number of anilines is 1. The molecule has 22 heavy (non-hydrogen) atoms. The normalized spacial score (nSPS) is 17.0. The van der Waals surface area contributed by atoms with Crippen LogP contribution in [0.1, 0.15) is 26.7 Å². The fourth-order valence-corrected chi connectivity index (χ4v) is 2.34. The largest absolute Gasteiger partial charge is 0.508 e. The van der Waals surface area contributed by atoms with Crippen LogP contribution in [0, 0.1) is 0 Å². The zero-order chi connectivity index (χ0) is 16.3. The average Bonchev–Trinajstić information content (AvgIpc) is 2.48. The van der Waals surface area contributed by atoms with Crippen molar-refractivity contribution >= 4 is 17.5 Å². The first-order valence-corrected chi connectivity index (χ1v) is 7.49. The smallest absolute Gasteiger partial charge is 0.268 e. The molecule has 0 bridgehead atoms. The van der Waals surface area contributed by atoms with Crippen molar-refractivity contribution in [2.75, 3.05) is 25.0 Å². The minimum atomic E-state index is -0.678. The van der Waals surface area contributed by atoms with E-state index in [0.717, 1.165) is 12.8 Å². The summed E-state index contributed by atoms with van der Waals surface area (Å²) in [5.74, 6) is 0.105. The lowest BCUT2D eigenvalue weighted by atomic mass is 10.1. The van der Waals surface area contributed by atoms with E-state index in [2.05, 4.69) is 6.92 Å². The van der Waals surface area contributed by atoms with Gasteiger partial charge in [-0.05, 0) is 25.5 Å². The molecule has 1 heterocycles. The number of carbonyl (C=O) groups excluding carboxylic acids is 2. The first-order valence-electron chi connectivity index (χ1n) is 7.49. The number of phenols is 1. The van der Waals surface area contributed by atoms with Crippen LogP contribution in [0.2, 0.25) is 0 Å². The van der Waals surface area contributed by atoms with E-state index in [1.807, 2.05) is 0 Å². The maximum atomic E-state index is 12.3. The van der Waals surface area contributed by atoms with E-state index >= 15 is 0 Å². The molecule has 0 aromatic heterocycles. The molecular weight excluding hydrogens is 284 g/mol. The Kier molecular flexibility index (Phi) is 4.90. The Balaban J connectivity index is 2.19. The molecule has 0 radical (unpaired) electrons. The topological polar surface area (TPSA) is 70.1 Å². The van der Waals surface area contributed by atoms with Crippen molar-refractivity contribution in [3.8, 4) is 11.5 Å². The lowest BCUT2D eigenvalue weighted by Gasteiger charge is -2.33. The maximum absolute atomic E-state index is 12.3. The van der Waals surface area contributed by atoms with Gasteiger partial charge >= 0.3 is 0 Å². The summed E-state index contributed by atoms with van der Waals surface area (Å²) in [5, 5.41) is 9.54. The molecule has 0 fully saturated rings. The van der Waals surface area contributed by atoms with Gasteiger partial charge in [0.1, 0.15) is 18.0 Å². The number of rotatable bonds is 5. The number of ether oxygens (including phenoxy) is 1. The van der Waals surface area contributed by atoms with Crippen LogP contribution in [0.4, 0.5) is 5.69 Å². The van der Waals surface area contributed by atoms with Crippen LogP contribution in [0.15, 0.2) is 18.2 Å². The molecule has 6 nitrogen and oxygen atoms in total. The van der Waals surface area contributed by atoms with Crippen LogP contribution in [0.25, 0.3) is 0 Å². The highest BCUT2D eigenvalue weighted by Crippen LogP contribution is 2.36. The molecule has 1 aromatic carbocycles. The standard InChI is InChI=1S/C16H22N2O4/c1-4-5-8-17(3)15(20)10-18-13-7-6-12(19)9-14(13)22-11(2)16(18)21/h6-7,9,11,19H,4-5,8,10H2,1-3H3. The Morgan fingerprint density at radius 3 is 2.86 bits per heavy atom. The first kappa shape index (κ1) is 16.1. The van der Waals surface area contributed by atoms with Crippen molar-refractivity contribution in [1.29, 1.82) is 0 Å². The maximum Gasteiger partial charge on any atom is 0.268 e. The molecule has 0 aliphatic carbocycles. The lowest BCUT2D eigenvalue weighted by molar-refractivity contribution is -0.132. The second-order valence-electron chi connectivity index (χ2n) is 5.51. The van der Waals surface area contributed by atoms with E-state index in [9.17, 15) is 14.7 Å². The first-order chi connectivity index (χ1) is 10.4. The van der Waals surface area contributed by atoms with Gasteiger partial charge in [-0.2, -0.15) is 0 Å². The van der Waals surface area contributed by atoms with Crippen molar-refractivity contribution in [2.45, 2.75) is 32.8 Å². The number of likely N-dealkylation sites (N-methyl/N-ethyl adjacent to an activating group) is 1. The summed E-state index contributed by atoms with van der Waals surface area (Å²) in [7, 11) is 1.74. The Bertz CT molecular complexity index is 573. The third kappa shape index (κ3) is 3.32. The van der Waals surface area contributed by atoms with Gasteiger partial charge in [-0.15, -0.1) is 0 Å². The molecule has 1 aliphatic heterocycles. The van der Waals surface area contributed by atoms with Crippen LogP contribution >= 0.6 is 0 Å². The monoisotopic (exact) mass is 306 g/mol. The van der Waals surface area contributed by atoms with Gasteiger partial charge in [-0.25, -0.2) is 0 Å². The van der Waals surface area contributed by atoms with E-state index in [-0.39, 0.29) is 24.1 Å². The minimum Gasteiger partial charge on any atom is -0.508 e. The SMILES string of the molecule is CCCCN(C)C(=O)CN1C(=O)C(C)Oc2cc(O)ccc21. The van der Waals surface area contributed by atoms with Gasteiger partial charge in [0.2, 0.25) is 5.91 Å². The number of fused-ring (bicyclic) bond motifs is 1. The molecule has 0 saturated carbocycles. The molecule has 0 saturated heterocycles. The van der Waals surface area contributed by atoms with Gasteiger partial charge in [0.05, 0.1) is 5.69 Å². The number of nitrogens with zero attached hydrogens (tertiary/aromatic N) is 2. The van der Waals surface area contributed by atoms with Crippen molar-refractivity contribution in [3.05, 3.63) is 18.2 Å². The third-order valence-electron chi connectivity index (χ3n) is 3.72. The van der Waals surface area contributed by atoms with Gasteiger partial charge in [0.25, 0.3) is 5.91 Å². The summed E-state index contributed by atoms with van der Waals surface area (Å²) < 4.78 is 5.49. The molecule has 1 aromatic rings. The fraction of sp³-hybridized carbons (Fsp3) is 0.500. The van der Waals surface area contributed by atoms with Gasteiger partial charge in [0.15, 0.2) is 6.10 Å². The molecule has 1 aliphatic rings. The predicted octanol–water partition coefficient (Wildman–Crippen LogP) is 1.76. The molecule has 1 N–H and O–H groups in total. The summed E-state index contributed by atoms with van der Waals surface area (Å²) >= 11 is 0. The van der Waals surface area contributed by atoms with Gasteiger partial charge in [0, 0.05) is 19.7 Å². The Hall–Kier alpha value is -2.24. The molecule has 2 amide bonds. The van der Waals surface area contributed by atoms with E-state index in [1.165, 1.54) is 17.0 Å². The van der Waals surface area contributed by atoms with E-state index in [0.29, 0.717) is 18.0 Å². The van der Waals surface area contributed by atoms with Crippen LogP contribution < -0.4 is 9.64 Å². The second kappa shape index (κ2) is 6.68. The number of hydrogen-bond acceptors (Lipinski definition) is 4. The molecule has 1 atom stereocenters. The Morgan fingerprint density at radius 2 is 2.18 bits per heavy atom. The number of aromatic hydroxyl groups is 1. The highest BCUT2D eigenvalue weighted by atomic mass is 16.5. The number of amides is 2. The number of hydrogen-bond donors (Lipinski definition) is 1. The molecule has 6 heteroatoms. The summed E-state index contributed by atoms with van der Waals surface area (Å²) in [4.78, 5) is 27.7. The highest BCUT2D eigenvalue weighted by Gasteiger charge is 2.33. The highest BCUT2D eigenvalue weighted by molar-refractivity contribution is 6.03. The van der Waals surface area contributed by atoms with Crippen LogP contribution in [0.5, 0.6) is 11.5 Å². The van der Waals surface area contributed by atoms with Gasteiger partial charge < -0.3 is 14.7 Å². The Labute approximate surface area is 130 Å². The summed E-state index contributed by atoms with van der Waals surface area (Å²) in [5.41, 5.74) is 0.512. The van der Waals surface area contributed by atoms with Crippen molar-refractivity contribution in [3.63, 3.8) is 0 Å². The average molecular weight is 306 g/mol. The van der Waals surface area contributed by atoms with Crippen LogP contribution in [-0.2, 0) is 9.59 Å². The third-order valence-corrected chi connectivity index (χ3v) is 3.72. The summed E-state index contributed by atoms with van der Waals surface area (Å²) in [6, 6.07) is 4.52. The molecule has 1 unspecified atom stereocenters. The van der Waals surface area contributed by atoms with Crippen LogP contribution in [0.3, 0.4) is 0 Å². The molecular formula is C16H22N2O4. The van der Waals surface area contributed by atoms with E-state index in [1.54, 1.807) is 24.9 Å². The zero-order valence-corrected chi connectivity index (χ0v) is 13.2. The number of benzene rings is 1. The van der Waals surface area contributed by atoms with Crippen molar-refractivity contribution in [1.82, 2.24) is 4.90 Å². The molecule has 2 rings (SSSR count). The molecule has 0 spiro atoms. The van der Waals surface area contributed by atoms with E-state index in [4.69, 9.17) is 4.74 Å². The summed E-state index contributed by atoms with van der Waals surface area (Å²) in [6.07, 6.45) is 1.26. The number of phenolic OH excluding ortho intramolecular Hbond substituents is 1.